The van der Waals surface area contributed by atoms with E-state index in [0.717, 1.165) is 24.3 Å². The summed E-state index contributed by atoms with van der Waals surface area (Å²) in [6, 6.07) is 2.12. The molecule has 5 aromatic rings. The molecule has 1 saturated heterocycles. The summed E-state index contributed by atoms with van der Waals surface area (Å²) in [5.74, 6) is -7.84. The average molecular weight is 659 g/mol. The molecule has 2 aliphatic rings. The Labute approximate surface area is 261 Å². The van der Waals surface area contributed by atoms with Gasteiger partial charge < -0.3 is 29.9 Å². The van der Waals surface area contributed by atoms with Crippen molar-refractivity contribution in [3.63, 3.8) is 0 Å². The quantitative estimate of drug-likeness (QED) is 0.117. The second-order valence-corrected chi connectivity index (χ2v) is 12.3. The van der Waals surface area contributed by atoms with Crippen LogP contribution in [-0.4, -0.2) is 63.5 Å². The Morgan fingerprint density at radius 3 is 2.30 bits per heavy atom. The number of aliphatic hydroxyl groups excluding tert-OH is 1. The Hall–Kier alpha value is -4.60. The third-order valence-corrected chi connectivity index (χ3v) is 8.76. The topological polar surface area (TPSA) is 149 Å². The molecule has 0 aliphatic carbocycles. The average Bonchev–Trinajstić information content (AvgIpc) is 3.62. The molecule has 10 nitrogen and oxygen atoms in total. The van der Waals surface area contributed by atoms with Gasteiger partial charge in [0.05, 0.1) is 39.9 Å². The Kier molecular flexibility index (Phi) is 7.26. The van der Waals surface area contributed by atoms with Crippen molar-refractivity contribution in [1.29, 1.82) is 0 Å². The van der Waals surface area contributed by atoms with Crippen LogP contribution < -0.4 is 11.1 Å². The van der Waals surface area contributed by atoms with Crippen molar-refractivity contribution in [1.82, 2.24) is 14.9 Å². The van der Waals surface area contributed by atoms with Gasteiger partial charge in [0.25, 0.3) is 11.8 Å². The number of carbonyl (C=O) groups excluding carboxylic acids is 3. The number of aromatic nitrogens is 2. The van der Waals surface area contributed by atoms with Gasteiger partial charge in [0, 0.05) is 45.6 Å². The number of carbonyl (C=O) groups is 3. The number of hydrogen-bond acceptors (Lipinski definition) is 7. The number of ether oxygens (including phenoxy) is 2. The number of benzene rings is 3. The number of amides is 2. The van der Waals surface area contributed by atoms with E-state index in [1.807, 2.05) is 13.8 Å². The molecular weight excluding hydrogens is 631 g/mol. The minimum absolute atomic E-state index is 0.00350. The summed E-state index contributed by atoms with van der Waals surface area (Å²) in [5.41, 5.74) is 5.32. The second kappa shape index (κ2) is 11.0. The third-order valence-electron chi connectivity index (χ3n) is 8.76. The van der Waals surface area contributed by atoms with Crippen LogP contribution in [0.25, 0.3) is 43.6 Å². The fraction of sp³-hybridized carbons (Fsp3) is 0.344. The van der Waals surface area contributed by atoms with E-state index in [-0.39, 0.29) is 73.5 Å². The Morgan fingerprint density at radius 2 is 1.64 bits per heavy atom. The summed E-state index contributed by atoms with van der Waals surface area (Å²) in [7, 11) is 0. The zero-order valence-electron chi connectivity index (χ0n) is 24.8. The summed E-state index contributed by atoms with van der Waals surface area (Å²) in [6.45, 7) is 2.57. The second-order valence-electron chi connectivity index (χ2n) is 12.3. The van der Waals surface area contributed by atoms with Crippen molar-refractivity contribution in [2.75, 3.05) is 6.67 Å². The number of aromatic amines is 1. The molecule has 0 unspecified atom stereocenters. The maximum absolute atomic E-state index is 15.0. The first-order chi connectivity index (χ1) is 22.3. The highest BCUT2D eigenvalue weighted by molar-refractivity contribution is 6.39. The molecule has 0 radical (unpaired) electrons. The Bertz CT molecular complexity index is 2180. The first-order valence-corrected chi connectivity index (χ1v) is 14.8. The molecule has 0 saturated carbocycles. The van der Waals surface area contributed by atoms with E-state index in [4.69, 9.17) is 15.2 Å². The van der Waals surface area contributed by atoms with Gasteiger partial charge in [-0.3, -0.25) is 19.7 Å². The van der Waals surface area contributed by atoms with Gasteiger partial charge in [-0.05, 0) is 24.5 Å². The Morgan fingerprint density at radius 1 is 1.02 bits per heavy atom. The highest BCUT2D eigenvalue weighted by Crippen LogP contribution is 2.47. The molecule has 2 amide bonds. The van der Waals surface area contributed by atoms with Crippen LogP contribution in [-0.2, 0) is 14.3 Å². The van der Waals surface area contributed by atoms with E-state index in [0.29, 0.717) is 0 Å². The molecule has 3 aromatic carbocycles. The first kappa shape index (κ1) is 31.0. The lowest BCUT2D eigenvalue weighted by Crippen LogP contribution is -2.50. The molecule has 5 N–H and O–H groups in total. The summed E-state index contributed by atoms with van der Waals surface area (Å²) >= 11 is 0. The van der Waals surface area contributed by atoms with Gasteiger partial charge in [-0.15, -0.1) is 0 Å². The van der Waals surface area contributed by atoms with Crippen LogP contribution in [0.5, 0.6) is 0 Å². The van der Waals surface area contributed by atoms with Crippen molar-refractivity contribution in [2.45, 2.75) is 57.3 Å². The van der Waals surface area contributed by atoms with Crippen LogP contribution in [0, 0.1) is 29.2 Å². The molecule has 2 aromatic heterocycles. The Balaban J connectivity index is 1.61. The van der Waals surface area contributed by atoms with Crippen LogP contribution >= 0.6 is 0 Å². The van der Waals surface area contributed by atoms with Gasteiger partial charge >= 0.3 is 5.97 Å². The van der Waals surface area contributed by atoms with E-state index >= 15 is 0 Å². The summed E-state index contributed by atoms with van der Waals surface area (Å²) < 4.78 is 86.0. The maximum Gasteiger partial charge on any atom is 0.323 e. The van der Waals surface area contributed by atoms with Gasteiger partial charge in [0.15, 0.2) is 35.6 Å². The SMILES string of the molecule is CC(C)C[C@H](N)C(=O)O[C@H]1[C@H](n2c3cc(F)c(F)cc3c3c4c(c5c6cc(F)c(F)cc6[nH]c5c32)C(=O)NC4=O)O[C@H](CF)C[C@@H]1O. The van der Waals surface area contributed by atoms with Crippen LogP contribution in [0.3, 0.4) is 0 Å². The number of esters is 1. The normalized spacial score (nSPS) is 22.2. The molecule has 4 heterocycles. The number of nitrogens with zero attached hydrogens (tertiary/aromatic N) is 1. The molecule has 246 valence electrons. The van der Waals surface area contributed by atoms with E-state index in [1.165, 1.54) is 4.57 Å². The largest absolute Gasteiger partial charge is 0.454 e. The van der Waals surface area contributed by atoms with Crippen LogP contribution in [0.1, 0.15) is 53.6 Å². The van der Waals surface area contributed by atoms with Crippen molar-refractivity contribution < 1.29 is 50.9 Å². The molecule has 47 heavy (non-hydrogen) atoms. The minimum Gasteiger partial charge on any atom is -0.454 e. The molecule has 0 bridgehead atoms. The number of H-pyrrole nitrogens is 1. The molecule has 15 heteroatoms. The number of aliphatic hydroxyl groups is 1. The standard InChI is InChI=1S/C32H27F5N4O6/c1-10(2)3-18(38)32(45)47-28-21(42)4-11(9-33)46-31(28)41-20-8-17(37)15(35)6-13(20)23-25-24(29(43)40-30(25)44)22-12-5-14(34)16(36)7-19(12)39-26(22)27(23)41/h5-8,10-11,18,21,28,31,39,42H,3-4,9,38H2,1-2H3,(H,40,43,44)/t11-,18-,21-,28+,31+/m0/s1. The van der Waals surface area contributed by atoms with Gasteiger partial charge in [0.1, 0.15) is 12.7 Å². The van der Waals surface area contributed by atoms with Crippen molar-refractivity contribution in [3.8, 4) is 0 Å². The van der Waals surface area contributed by atoms with Crippen molar-refractivity contribution in [3.05, 3.63) is 58.7 Å². The number of halogens is 5. The van der Waals surface area contributed by atoms with Gasteiger partial charge in [-0.25, -0.2) is 22.0 Å². The zero-order chi connectivity index (χ0) is 33.6. The minimum atomic E-state index is -1.64. The van der Waals surface area contributed by atoms with E-state index in [2.05, 4.69) is 10.3 Å². The van der Waals surface area contributed by atoms with Crippen LogP contribution in [0.15, 0.2) is 24.3 Å². The molecule has 7 rings (SSSR count). The lowest BCUT2D eigenvalue weighted by Gasteiger charge is -2.40. The summed E-state index contributed by atoms with van der Waals surface area (Å²) in [5, 5.41) is 13.2. The van der Waals surface area contributed by atoms with E-state index in [1.54, 1.807) is 0 Å². The number of fused-ring (bicyclic) bond motifs is 10. The predicted molar refractivity (Wildman–Crippen MR) is 158 cm³/mol. The fourth-order valence-corrected chi connectivity index (χ4v) is 6.82. The van der Waals surface area contributed by atoms with Gasteiger partial charge in [-0.1, -0.05) is 13.8 Å². The van der Waals surface area contributed by atoms with E-state index in [9.17, 15) is 41.4 Å². The molecule has 5 atom stereocenters. The lowest BCUT2D eigenvalue weighted by molar-refractivity contribution is -0.217. The predicted octanol–water partition coefficient (Wildman–Crippen LogP) is 4.77. The summed E-state index contributed by atoms with van der Waals surface area (Å²) in [4.78, 5) is 42.6. The molecular formula is C32H27F5N4O6. The highest BCUT2D eigenvalue weighted by Gasteiger charge is 2.45. The molecule has 1 fully saturated rings. The fourth-order valence-electron chi connectivity index (χ4n) is 6.82. The highest BCUT2D eigenvalue weighted by atomic mass is 19.2. The molecule has 2 aliphatic heterocycles. The van der Waals surface area contributed by atoms with Gasteiger partial charge in [-0.2, -0.15) is 0 Å². The van der Waals surface area contributed by atoms with E-state index < -0.39 is 78.3 Å². The number of nitrogens with one attached hydrogen (secondary N) is 2. The third kappa shape index (κ3) is 4.66. The van der Waals surface area contributed by atoms with Crippen molar-refractivity contribution in [2.24, 2.45) is 11.7 Å². The number of imide groups is 1. The van der Waals surface area contributed by atoms with Crippen molar-refractivity contribution >= 4 is 61.4 Å². The molecule has 0 spiro atoms. The number of hydrogen-bond donors (Lipinski definition) is 4. The number of alkyl halides is 1. The number of nitrogens with two attached hydrogens (primary N) is 1. The smallest absolute Gasteiger partial charge is 0.323 e. The first-order valence-electron chi connectivity index (χ1n) is 14.8. The lowest BCUT2D eigenvalue weighted by atomic mass is 9.96. The number of rotatable bonds is 6. The maximum atomic E-state index is 15.0. The van der Waals surface area contributed by atoms with Crippen LogP contribution in [0.4, 0.5) is 22.0 Å². The summed E-state index contributed by atoms with van der Waals surface area (Å²) in [6.07, 6.45) is -6.11. The monoisotopic (exact) mass is 658 g/mol. The van der Waals surface area contributed by atoms with Gasteiger partial charge in [0.2, 0.25) is 0 Å². The van der Waals surface area contributed by atoms with Crippen LogP contribution in [0.2, 0.25) is 0 Å². The zero-order valence-corrected chi connectivity index (χ0v) is 24.8.